The molecule has 6 nitrogen and oxygen atoms in total. The van der Waals surface area contributed by atoms with Crippen molar-refractivity contribution in [3.8, 4) is 11.3 Å². The fraction of sp³-hybridized carbons (Fsp3) is 0.174. The van der Waals surface area contributed by atoms with Gasteiger partial charge in [-0.1, -0.05) is 41.7 Å². The highest BCUT2D eigenvalue weighted by Crippen LogP contribution is 2.33. The zero-order valence-corrected chi connectivity index (χ0v) is 16.9. The number of benzene rings is 2. The first-order chi connectivity index (χ1) is 14.7. The second-order valence-corrected chi connectivity index (χ2v) is 8.36. The van der Waals surface area contributed by atoms with Gasteiger partial charge in [-0.15, -0.1) is 0 Å². The summed E-state index contributed by atoms with van der Waals surface area (Å²) >= 11 is 1.62. The number of hydrogen-bond acceptors (Lipinski definition) is 6. The van der Waals surface area contributed by atoms with Gasteiger partial charge >= 0.3 is 5.97 Å². The molecule has 2 heterocycles. The molecule has 30 heavy (non-hydrogen) atoms. The lowest BCUT2D eigenvalue weighted by Crippen LogP contribution is -2.30. The molecule has 150 valence electrons. The first-order valence-electron chi connectivity index (χ1n) is 9.88. The van der Waals surface area contributed by atoms with Crippen LogP contribution in [0.3, 0.4) is 0 Å². The van der Waals surface area contributed by atoms with Gasteiger partial charge in [0.1, 0.15) is 5.69 Å². The molecule has 0 saturated carbocycles. The maximum Gasteiger partial charge on any atom is 0.354 e. The van der Waals surface area contributed by atoms with Gasteiger partial charge < -0.3 is 5.11 Å². The number of aromatic nitrogens is 2. The third-order valence-electron chi connectivity index (χ3n) is 5.37. The van der Waals surface area contributed by atoms with E-state index in [9.17, 15) is 9.90 Å². The van der Waals surface area contributed by atoms with Crippen LogP contribution in [0.15, 0.2) is 60.7 Å². The lowest BCUT2D eigenvalue weighted by molar-refractivity contribution is 0.0690. The molecule has 1 aliphatic carbocycles. The molecule has 0 bridgehead atoms. The summed E-state index contributed by atoms with van der Waals surface area (Å²) in [7, 11) is 0. The SMILES string of the molecule is O=C(O)c1cccc(-c2ccc3c(c2)C(NNc2nc4ccccc4s2)CCC3)n1. The first kappa shape index (κ1) is 18.7. The van der Waals surface area contributed by atoms with Crippen molar-refractivity contribution in [3.05, 3.63) is 77.5 Å². The number of nitrogens with zero attached hydrogens (tertiary/aromatic N) is 2. The Kier molecular flexibility index (Phi) is 4.90. The van der Waals surface area contributed by atoms with Crippen LogP contribution in [-0.4, -0.2) is 21.0 Å². The largest absolute Gasteiger partial charge is 0.477 e. The highest BCUT2D eigenvalue weighted by Gasteiger charge is 2.21. The molecular formula is C23H20N4O2S. The monoisotopic (exact) mass is 416 g/mol. The van der Waals surface area contributed by atoms with E-state index in [4.69, 9.17) is 0 Å². The lowest BCUT2D eigenvalue weighted by Gasteiger charge is -2.27. The predicted octanol–water partition coefficient (Wildman–Crippen LogP) is 5.05. The zero-order valence-electron chi connectivity index (χ0n) is 16.1. The molecule has 3 N–H and O–H groups in total. The number of para-hydroxylation sites is 1. The van der Waals surface area contributed by atoms with E-state index in [2.05, 4.69) is 39.0 Å². The highest BCUT2D eigenvalue weighted by molar-refractivity contribution is 7.22. The molecular weight excluding hydrogens is 396 g/mol. The third kappa shape index (κ3) is 3.65. The fourth-order valence-corrected chi connectivity index (χ4v) is 4.72. The zero-order chi connectivity index (χ0) is 20.5. The van der Waals surface area contributed by atoms with Crippen LogP contribution in [0, 0.1) is 0 Å². The van der Waals surface area contributed by atoms with E-state index in [1.54, 1.807) is 17.4 Å². The summed E-state index contributed by atoms with van der Waals surface area (Å²) in [5.74, 6) is -1.02. The van der Waals surface area contributed by atoms with E-state index < -0.39 is 5.97 Å². The van der Waals surface area contributed by atoms with E-state index in [0.29, 0.717) is 5.69 Å². The maximum atomic E-state index is 11.3. The molecule has 4 aromatic rings. The minimum absolute atomic E-state index is 0.0531. The van der Waals surface area contributed by atoms with Gasteiger partial charge in [0, 0.05) is 5.56 Å². The minimum Gasteiger partial charge on any atom is -0.477 e. The molecule has 0 radical (unpaired) electrons. The van der Waals surface area contributed by atoms with E-state index in [-0.39, 0.29) is 11.7 Å². The Labute approximate surface area is 177 Å². The predicted molar refractivity (Wildman–Crippen MR) is 119 cm³/mol. The minimum atomic E-state index is -1.02. The molecule has 0 aliphatic heterocycles. The average molecular weight is 417 g/mol. The number of aromatic carboxylic acids is 1. The summed E-state index contributed by atoms with van der Waals surface area (Å²) in [6.07, 6.45) is 3.16. The smallest absolute Gasteiger partial charge is 0.354 e. The number of hydrogen-bond donors (Lipinski definition) is 3. The first-order valence-corrected chi connectivity index (χ1v) is 10.7. The van der Waals surface area contributed by atoms with Gasteiger partial charge in [-0.25, -0.2) is 20.2 Å². The molecule has 2 aromatic heterocycles. The van der Waals surface area contributed by atoms with Crippen molar-refractivity contribution in [1.29, 1.82) is 0 Å². The maximum absolute atomic E-state index is 11.3. The topological polar surface area (TPSA) is 87.1 Å². The summed E-state index contributed by atoms with van der Waals surface area (Å²) in [4.78, 5) is 20.2. The van der Waals surface area contributed by atoms with E-state index in [1.165, 1.54) is 17.2 Å². The Balaban J connectivity index is 1.40. The third-order valence-corrected chi connectivity index (χ3v) is 6.32. The number of pyridine rings is 1. The summed E-state index contributed by atoms with van der Waals surface area (Å²) in [5, 5.41) is 10.1. The van der Waals surface area contributed by atoms with Crippen molar-refractivity contribution in [3.63, 3.8) is 0 Å². The number of rotatable bonds is 5. The van der Waals surface area contributed by atoms with E-state index >= 15 is 0 Å². The number of nitrogens with one attached hydrogen (secondary N) is 2. The lowest BCUT2D eigenvalue weighted by atomic mass is 9.86. The molecule has 5 rings (SSSR count). The van der Waals surface area contributed by atoms with Crippen LogP contribution in [0.1, 0.15) is 40.5 Å². The van der Waals surface area contributed by atoms with Crippen molar-refractivity contribution in [2.75, 3.05) is 5.43 Å². The Morgan fingerprint density at radius 2 is 1.97 bits per heavy atom. The number of hydrazine groups is 1. The molecule has 0 saturated heterocycles. The number of anilines is 1. The second-order valence-electron chi connectivity index (χ2n) is 7.33. The molecule has 1 unspecified atom stereocenters. The molecule has 0 spiro atoms. The number of carboxylic acids is 1. The summed E-state index contributed by atoms with van der Waals surface area (Å²) < 4.78 is 1.15. The average Bonchev–Trinajstić information content (AvgIpc) is 3.20. The Hall–Kier alpha value is -3.29. The van der Waals surface area contributed by atoms with Gasteiger partial charge in [0.25, 0.3) is 0 Å². The van der Waals surface area contributed by atoms with Gasteiger partial charge in [-0.3, -0.25) is 5.43 Å². The van der Waals surface area contributed by atoms with Crippen molar-refractivity contribution in [2.45, 2.75) is 25.3 Å². The summed E-state index contributed by atoms with van der Waals surface area (Å²) in [5.41, 5.74) is 11.9. The molecule has 0 amide bonds. The van der Waals surface area contributed by atoms with Crippen LogP contribution in [0.4, 0.5) is 5.13 Å². The van der Waals surface area contributed by atoms with E-state index in [1.807, 2.05) is 30.3 Å². The molecule has 1 atom stereocenters. The fourth-order valence-electron chi connectivity index (χ4n) is 3.90. The molecule has 2 aromatic carbocycles. The molecule has 7 heteroatoms. The van der Waals surface area contributed by atoms with Crippen LogP contribution >= 0.6 is 11.3 Å². The Morgan fingerprint density at radius 1 is 1.07 bits per heavy atom. The van der Waals surface area contributed by atoms with Crippen molar-refractivity contribution < 1.29 is 9.90 Å². The van der Waals surface area contributed by atoms with Crippen LogP contribution in [0.25, 0.3) is 21.5 Å². The number of carbonyl (C=O) groups is 1. The van der Waals surface area contributed by atoms with Crippen molar-refractivity contribution in [2.24, 2.45) is 0 Å². The highest BCUT2D eigenvalue weighted by atomic mass is 32.1. The Bertz CT molecular complexity index is 1200. The van der Waals surface area contributed by atoms with Gasteiger partial charge in [0.05, 0.1) is 22.0 Å². The van der Waals surface area contributed by atoms with Crippen LogP contribution in [0.5, 0.6) is 0 Å². The van der Waals surface area contributed by atoms with Crippen LogP contribution in [0.2, 0.25) is 0 Å². The quantitative estimate of drug-likeness (QED) is 0.395. The Morgan fingerprint density at radius 3 is 2.83 bits per heavy atom. The van der Waals surface area contributed by atoms with Gasteiger partial charge in [-0.2, -0.15) is 0 Å². The van der Waals surface area contributed by atoms with Crippen LogP contribution < -0.4 is 10.9 Å². The normalized spacial score (nSPS) is 15.7. The molecule has 1 aliphatic rings. The van der Waals surface area contributed by atoms with Gasteiger partial charge in [-0.05, 0) is 60.7 Å². The van der Waals surface area contributed by atoms with Crippen LogP contribution in [-0.2, 0) is 6.42 Å². The number of carboxylic acid groups (broad SMARTS) is 1. The summed E-state index contributed by atoms with van der Waals surface area (Å²) in [6, 6.07) is 19.6. The standard InChI is InChI=1S/C23H20N4O2S/c28-22(29)20-9-4-7-17(24-20)15-12-11-14-5-3-8-18(16(14)13-15)26-27-23-25-19-6-1-2-10-21(19)30-23/h1-2,4,6-7,9-13,18,26H,3,5,8H2,(H,25,27)(H,28,29). The summed E-state index contributed by atoms with van der Waals surface area (Å²) in [6.45, 7) is 0. The van der Waals surface area contributed by atoms with Crippen molar-refractivity contribution >= 4 is 32.7 Å². The number of fused-ring (bicyclic) bond motifs is 2. The number of aryl methyl sites for hydroxylation is 1. The number of thiazole rings is 1. The van der Waals surface area contributed by atoms with E-state index in [0.717, 1.165) is 40.2 Å². The van der Waals surface area contributed by atoms with Gasteiger partial charge in [0.15, 0.2) is 5.13 Å². The second kappa shape index (κ2) is 7.85. The van der Waals surface area contributed by atoms with Gasteiger partial charge in [0.2, 0.25) is 0 Å². The molecule has 0 fully saturated rings. The van der Waals surface area contributed by atoms with Crippen molar-refractivity contribution in [1.82, 2.24) is 15.4 Å².